The molecule has 0 radical (unpaired) electrons. The third-order valence-electron chi connectivity index (χ3n) is 4.40. The van der Waals surface area contributed by atoms with Gasteiger partial charge < -0.3 is 15.7 Å². The lowest BCUT2D eigenvalue weighted by atomic mass is 9.86. The molecule has 3 N–H and O–H groups in total. The number of aliphatic hydroxyl groups excluding tert-OH is 1. The maximum absolute atomic E-state index is 9.91. The van der Waals surface area contributed by atoms with Crippen molar-refractivity contribution in [3.8, 4) is 0 Å². The van der Waals surface area contributed by atoms with Crippen LogP contribution in [0, 0.1) is 5.92 Å². The summed E-state index contributed by atoms with van der Waals surface area (Å²) in [4.78, 5) is 0. The molecule has 0 aromatic heterocycles. The Kier molecular flexibility index (Phi) is 5.26. The highest BCUT2D eigenvalue weighted by Crippen LogP contribution is 2.23. The summed E-state index contributed by atoms with van der Waals surface area (Å²) in [7, 11) is 0. The first-order chi connectivity index (χ1) is 8.25. The lowest BCUT2D eigenvalue weighted by Crippen LogP contribution is -2.40. The lowest BCUT2D eigenvalue weighted by molar-refractivity contribution is 0.0681. The Morgan fingerprint density at radius 1 is 1.24 bits per heavy atom. The van der Waals surface area contributed by atoms with E-state index in [1.54, 1.807) is 0 Å². The number of nitrogens with one attached hydrogen (secondary N) is 2. The van der Waals surface area contributed by atoms with E-state index in [1.165, 1.54) is 45.1 Å². The molecule has 4 atom stereocenters. The minimum Gasteiger partial charge on any atom is -0.393 e. The number of hydrogen-bond donors (Lipinski definition) is 3. The molecule has 4 unspecified atom stereocenters. The summed E-state index contributed by atoms with van der Waals surface area (Å²) in [6, 6.07) is 1.29. The first kappa shape index (κ1) is 13.3. The Labute approximate surface area is 105 Å². The Morgan fingerprint density at radius 3 is 2.76 bits per heavy atom. The highest BCUT2D eigenvalue weighted by Gasteiger charge is 2.23. The zero-order valence-electron chi connectivity index (χ0n) is 11.1. The first-order valence-electron chi connectivity index (χ1n) is 7.40. The molecule has 1 aliphatic carbocycles. The normalized spacial score (nSPS) is 36.0. The van der Waals surface area contributed by atoms with Crippen LogP contribution in [0.4, 0.5) is 0 Å². The van der Waals surface area contributed by atoms with Crippen LogP contribution in [0.5, 0.6) is 0 Å². The van der Waals surface area contributed by atoms with Gasteiger partial charge in [0.25, 0.3) is 0 Å². The quantitative estimate of drug-likeness (QED) is 0.685. The molecule has 0 aromatic rings. The van der Waals surface area contributed by atoms with E-state index in [0.717, 1.165) is 13.0 Å². The fourth-order valence-corrected chi connectivity index (χ4v) is 3.25. The Hall–Kier alpha value is -0.120. The molecule has 17 heavy (non-hydrogen) atoms. The van der Waals surface area contributed by atoms with Gasteiger partial charge in [-0.25, -0.2) is 0 Å². The molecule has 0 amide bonds. The van der Waals surface area contributed by atoms with Crippen LogP contribution in [-0.2, 0) is 0 Å². The molecule has 0 bridgehead atoms. The fourth-order valence-electron chi connectivity index (χ4n) is 3.25. The van der Waals surface area contributed by atoms with Crippen LogP contribution in [0.3, 0.4) is 0 Å². The van der Waals surface area contributed by atoms with Crippen LogP contribution >= 0.6 is 0 Å². The Balaban J connectivity index is 1.62. The maximum atomic E-state index is 9.91. The monoisotopic (exact) mass is 240 g/mol. The molecule has 3 nitrogen and oxygen atoms in total. The van der Waals surface area contributed by atoms with Crippen molar-refractivity contribution in [3.63, 3.8) is 0 Å². The standard InChI is InChI=1S/C14H28N2O/c1-11(9-13-6-4-8-15-13)16-10-12-5-2-3-7-14(12)17/h11-17H,2-10H2,1H3. The number of rotatable bonds is 5. The molecule has 2 fully saturated rings. The molecule has 1 saturated heterocycles. The molecule has 0 aromatic carbocycles. The van der Waals surface area contributed by atoms with Crippen LogP contribution in [-0.4, -0.2) is 36.4 Å². The van der Waals surface area contributed by atoms with Crippen molar-refractivity contribution < 1.29 is 5.11 Å². The molecule has 100 valence electrons. The van der Waals surface area contributed by atoms with Crippen molar-refractivity contribution in [2.24, 2.45) is 5.92 Å². The van der Waals surface area contributed by atoms with Gasteiger partial charge in [0.15, 0.2) is 0 Å². The van der Waals surface area contributed by atoms with Crippen LogP contribution < -0.4 is 10.6 Å². The van der Waals surface area contributed by atoms with Gasteiger partial charge in [-0.1, -0.05) is 12.8 Å². The van der Waals surface area contributed by atoms with E-state index in [-0.39, 0.29) is 6.10 Å². The van der Waals surface area contributed by atoms with Crippen molar-refractivity contribution in [3.05, 3.63) is 0 Å². The highest BCUT2D eigenvalue weighted by molar-refractivity contribution is 4.81. The number of hydrogen-bond acceptors (Lipinski definition) is 3. The van der Waals surface area contributed by atoms with Gasteiger partial charge in [0.2, 0.25) is 0 Å². The highest BCUT2D eigenvalue weighted by atomic mass is 16.3. The summed E-state index contributed by atoms with van der Waals surface area (Å²) >= 11 is 0. The van der Waals surface area contributed by atoms with Gasteiger partial charge in [0.05, 0.1) is 6.10 Å². The van der Waals surface area contributed by atoms with Gasteiger partial charge in [-0.15, -0.1) is 0 Å². The zero-order valence-corrected chi connectivity index (χ0v) is 11.1. The van der Waals surface area contributed by atoms with Crippen molar-refractivity contribution in [2.45, 2.75) is 70.1 Å². The van der Waals surface area contributed by atoms with Gasteiger partial charge in [-0.05, 0) is 51.5 Å². The zero-order chi connectivity index (χ0) is 12.1. The fraction of sp³-hybridized carbons (Fsp3) is 1.00. The first-order valence-corrected chi connectivity index (χ1v) is 7.40. The van der Waals surface area contributed by atoms with Gasteiger partial charge in [0, 0.05) is 18.6 Å². The van der Waals surface area contributed by atoms with Crippen LogP contribution in [0.1, 0.15) is 51.9 Å². The molecular weight excluding hydrogens is 212 g/mol. The molecular formula is C14H28N2O. The second-order valence-corrected chi connectivity index (χ2v) is 5.95. The van der Waals surface area contributed by atoms with E-state index < -0.39 is 0 Å². The second-order valence-electron chi connectivity index (χ2n) is 5.95. The predicted octanol–water partition coefficient (Wildman–Crippen LogP) is 1.66. The summed E-state index contributed by atoms with van der Waals surface area (Å²) in [6.45, 7) is 4.46. The van der Waals surface area contributed by atoms with Gasteiger partial charge in [0.1, 0.15) is 0 Å². The Bertz CT molecular complexity index is 216. The minimum atomic E-state index is -0.0620. The summed E-state index contributed by atoms with van der Waals surface area (Å²) in [5, 5.41) is 17.1. The summed E-state index contributed by atoms with van der Waals surface area (Å²) in [5.41, 5.74) is 0. The number of aliphatic hydroxyl groups is 1. The maximum Gasteiger partial charge on any atom is 0.0580 e. The van der Waals surface area contributed by atoms with Crippen LogP contribution in [0.15, 0.2) is 0 Å². The lowest BCUT2D eigenvalue weighted by Gasteiger charge is -2.29. The van der Waals surface area contributed by atoms with Gasteiger partial charge >= 0.3 is 0 Å². The summed E-state index contributed by atoms with van der Waals surface area (Å²) in [5.74, 6) is 0.489. The Morgan fingerprint density at radius 2 is 2.06 bits per heavy atom. The predicted molar refractivity (Wildman–Crippen MR) is 71.1 cm³/mol. The second kappa shape index (κ2) is 6.72. The molecule has 0 spiro atoms. The topological polar surface area (TPSA) is 44.3 Å². The van der Waals surface area contributed by atoms with E-state index in [1.807, 2.05) is 0 Å². The molecule has 1 aliphatic heterocycles. The van der Waals surface area contributed by atoms with E-state index >= 15 is 0 Å². The molecule has 2 rings (SSSR count). The third-order valence-corrected chi connectivity index (χ3v) is 4.40. The van der Waals surface area contributed by atoms with Crippen molar-refractivity contribution in [1.29, 1.82) is 0 Å². The van der Waals surface area contributed by atoms with E-state index in [9.17, 15) is 5.11 Å². The minimum absolute atomic E-state index is 0.0620. The summed E-state index contributed by atoms with van der Waals surface area (Å²) < 4.78 is 0. The van der Waals surface area contributed by atoms with E-state index in [0.29, 0.717) is 18.0 Å². The molecule has 3 heteroatoms. The van der Waals surface area contributed by atoms with E-state index in [4.69, 9.17) is 0 Å². The average Bonchev–Trinajstić information content (AvgIpc) is 2.81. The molecule has 2 aliphatic rings. The summed E-state index contributed by atoms with van der Waals surface area (Å²) in [6.07, 6.45) is 8.53. The van der Waals surface area contributed by atoms with Crippen molar-refractivity contribution >= 4 is 0 Å². The average molecular weight is 240 g/mol. The van der Waals surface area contributed by atoms with Crippen LogP contribution in [0.25, 0.3) is 0 Å². The smallest absolute Gasteiger partial charge is 0.0580 e. The molecule has 1 heterocycles. The van der Waals surface area contributed by atoms with E-state index in [2.05, 4.69) is 17.6 Å². The largest absolute Gasteiger partial charge is 0.393 e. The van der Waals surface area contributed by atoms with Gasteiger partial charge in [-0.2, -0.15) is 0 Å². The van der Waals surface area contributed by atoms with Crippen LogP contribution in [0.2, 0.25) is 0 Å². The van der Waals surface area contributed by atoms with Crippen molar-refractivity contribution in [2.75, 3.05) is 13.1 Å². The third kappa shape index (κ3) is 4.23. The molecule has 1 saturated carbocycles. The SMILES string of the molecule is CC(CC1CCCN1)NCC1CCCCC1O. The van der Waals surface area contributed by atoms with Gasteiger partial charge in [-0.3, -0.25) is 0 Å². The van der Waals surface area contributed by atoms with Crippen molar-refractivity contribution in [1.82, 2.24) is 10.6 Å².